The van der Waals surface area contributed by atoms with Crippen LogP contribution in [0.2, 0.25) is 0 Å². The Labute approximate surface area is 229 Å². The van der Waals surface area contributed by atoms with Crippen LogP contribution in [0, 0.1) is 13.8 Å². The monoisotopic (exact) mass is 560 g/mol. The third-order valence-electron chi connectivity index (χ3n) is 7.34. The van der Waals surface area contributed by atoms with Crippen LogP contribution in [-0.4, -0.2) is 28.8 Å². The number of hydrogen-bond acceptors (Lipinski definition) is 2. The number of amides is 2. The molecule has 3 aromatic carbocycles. The summed E-state index contributed by atoms with van der Waals surface area (Å²) in [6.45, 7) is 4.47. The van der Waals surface area contributed by atoms with Crippen LogP contribution in [-0.2, 0) is 29.0 Å². The molecule has 0 heterocycles. The molecule has 0 saturated heterocycles. The fourth-order valence-corrected chi connectivity index (χ4v) is 5.40. The highest BCUT2D eigenvalue weighted by Gasteiger charge is 2.32. The first-order valence-electron chi connectivity index (χ1n) is 13.3. The number of nitrogens with one attached hydrogen (secondary N) is 1. The van der Waals surface area contributed by atoms with Gasteiger partial charge in [-0.3, -0.25) is 9.59 Å². The second-order valence-corrected chi connectivity index (χ2v) is 11.2. The summed E-state index contributed by atoms with van der Waals surface area (Å²) in [4.78, 5) is 29.7. The Morgan fingerprint density at radius 3 is 2.32 bits per heavy atom. The van der Waals surface area contributed by atoms with E-state index in [9.17, 15) is 9.59 Å². The van der Waals surface area contributed by atoms with Crippen LogP contribution in [0.25, 0.3) is 0 Å². The third kappa shape index (κ3) is 7.78. The molecule has 0 spiro atoms. The standard InChI is InChI=1S/C32H37BrN2O2/c1-23-13-14-24(2)27(19-23)21-31(36)35(22-26-15-17-28(33)18-16-26)30(20-25-9-5-3-6-10-25)32(37)34-29-11-7-4-8-12-29/h3,5-6,9-10,13-19,29-30H,4,7-8,11-12,20-22H2,1-2H3,(H,34,37). The van der Waals surface area contributed by atoms with Crippen LogP contribution in [0.3, 0.4) is 0 Å². The van der Waals surface area contributed by atoms with Crippen molar-refractivity contribution in [3.63, 3.8) is 0 Å². The number of hydrogen-bond donors (Lipinski definition) is 1. The summed E-state index contributed by atoms with van der Waals surface area (Å²) in [5.41, 5.74) is 5.28. The first kappa shape index (κ1) is 27.1. The van der Waals surface area contributed by atoms with E-state index >= 15 is 0 Å². The Hall–Kier alpha value is -2.92. The highest BCUT2D eigenvalue weighted by molar-refractivity contribution is 9.10. The molecule has 0 aliphatic heterocycles. The predicted molar refractivity (Wildman–Crippen MR) is 153 cm³/mol. The van der Waals surface area contributed by atoms with Crippen LogP contribution < -0.4 is 5.32 Å². The van der Waals surface area contributed by atoms with Crippen molar-refractivity contribution in [3.05, 3.63) is 105 Å². The zero-order valence-electron chi connectivity index (χ0n) is 21.9. The molecule has 1 unspecified atom stereocenters. The molecule has 194 valence electrons. The van der Waals surface area contributed by atoms with E-state index in [-0.39, 0.29) is 24.3 Å². The molecule has 4 nitrogen and oxygen atoms in total. The van der Waals surface area contributed by atoms with E-state index in [1.807, 2.05) is 68.4 Å². The van der Waals surface area contributed by atoms with Crippen molar-refractivity contribution in [3.8, 4) is 0 Å². The lowest BCUT2D eigenvalue weighted by Gasteiger charge is -2.33. The average Bonchev–Trinajstić information content (AvgIpc) is 2.90. The van der Waals surface area contributed by atoms with Gasteiger partial charge >= 0.3 is 0 Å². The minimum atomic E-state index is -0.592. The van der Waals surface area contributed by atoms with Gasteiger partial charge in [-0.2, -0.15) is 0 Å². The van der Waals surface area contributed by atoms with Gasteiger partial charge in [-0.1, -0.05) is 101 Å². The molecule has 0 radical (unpaired) electrons. The summed E-state index contributed by atoms with van der Waals surface area (Å²) in [6.07, 6.45) is 6.27. The number of halogens is 1. The largest absolute Gasteiger partial charge is 0.352 e. The molecule has 1 N–H and O–H groups in total. The molecule has 4 rings (SSSR count). The van der Waals surface area contributed by atoms with Gasteiger partial charge in [0, 0.05) is 23.5 Å². The number of rotatable bonds is 9. The van der Waals surface area contributed by atoms with Crippen LogP contribution in [0.15, 0.2) is 77.3 Å². The van der Waals surface area contributed by atoms with Gasteiger partial charge in [0.05, 0.1) is 6.42 Å². The van der Waals surface area contributed by atoms with E-state index < -0.39 is 6.04 Å². The summed E-state index contributed by atoms with van der Waals surface area (Å²) in [5.74, 6) is -0.0847. The van der Waals surface area contributed by atoms with Crippen molar-refractivity contribution in [2.24, 2.45) is 0 Å². The third-order valence-corrected chi connectivity index (χ3v) is 7.86. The Bertz CT molecular complexity index is 1190. The minimum Gasteiger partial charge on any atom is -0.352 e. The van der Waals surface area contributed by atoms with Crippen molar-refractivity contribution in [1.82, 2.24) is 10.2 Å². The molecule has 1 saturated carbocycles. The molecule has 1 fully saturated rings. The number of carbonyl (C=O) groups excluding carboxylic acids is 2. The lowest BCUT2D eigenvalue weighted by Crippen LogP contribution is -2.53. The Kier molecular flexibility index (Phi) is 9.56. The van der Waals surface area contributed by atoms with E-state index in [4.69, 9.17) is 0 Å². The zero-order chi connectivity index (χ0) is 26.2. The van der Waals surface area contributed by atoms with Crippen LogP contribution in [0.4, 0.5) is 0 Å². The van der Waals surface area contributed by atoms with E-state index in [0.29, 0.717) is 13.0 Å². The lowest BCUT2D eigenvalue weighted by molar-refractivity contribution is -0.141. The van der Waals surface area contributed by atoms with Crippen molar-refractivity contribution >= 4 is 27.7 Å². The zero-order valence-corrected chi connectivity index (χ0v) is 23.5. The summed E-state index contributed by atoms with van der Waals surface area (Å²) in [6, 6.07) is 23.8. The molecule has 5 heteroatoms. The van der Waals surface area contributed by atoms with Gasteiger partial charge in [0.15, 0.2) is 0 Å². The number of carbonyl (C=O) groups is 2. The number of aryl methyl sites for hydroxylation is 2. The summed E-state index contributed by atoms with van der Waals surface area (Å²) in [5, 5.41) is 3.31. The Morgan fingerprint density at radius 2 is 1.62 bits per heavy atom. The number of benzene rings is 3. The fourth-order valence-electron chi connectivity index (χ4n) is 5.14. The molecule has 1 atom stereocenters. The van der Waals surface area contributed by atoms with Crippen molar-refractivity contribution in [2.45, 2.75) is 77.4 Å². The maximum Gasteiger partial charge on any atom is 0.243 e. The molecule has 1 aliphatic rings. The van der Waals surface area contributed by atoms with E-state index in [1.165, 1.54) is 6.42 Å². The Morgan fingerprint density at radius 1 is 0.919 bits per heavy atom. The first-order valence-corrected chi connectivity index (χ1v) is 14.1. The van der Waals surface area contributed by atoms with Crippen LogP contribution >= 0.6 is 15.9 Å². The maximum absolute atomic E-state index is 14.0. The molecule has 0 aromatic heterocycles. The molecule has 0 bridgehead atoms. The van der Waals surface area contributed by atoms with E-state index in [1.54, 1.807) is 4.90 Å². The smallest absolute Gasteiger partial charge is 0.243 e. The first-order chi connectivity index (χ1) is 17.9. The lowest BCUT2D eigenvalue weighted by atomic mass is 9.94. The van der Waals surface area contributed by atoms with Gasteiger partial charge in [0.25, 0.3) is 0 Å². The van der Waals surface area contributed by atoms with Gasteiger partial charge in [-0.05, 0) is 61.1 Å². The maximum atomic E-state index is 14.0. The fraction of sp³-hybridized carbons (Fsp3) is 0.375. The normalized spacial score (nSPS) is 14.7. The van der Waals surface area contributed by atoms with Crippen molar-refractivity contribution < 1.29 is 9.59 Å². The molecule has 3 aromatic rings. The van der Waals surface area contributed by atoms with Crippen molar-refractivity contribution in [2.75, 3.05) is 0 Å². The second-order valence-electron chi connectivity index (χ2n) is 10.3. The van der Waals surface area contributed by atoms with E-state index in [0.717, 1.165) is 58.0 Å². The molecule has 2 amide bonds. The number of nitrogens with zero attached hydrogens (tertiary/aromatic N) is 1. The highest BCUT2D eigenvalue weighted by Crippen LogP contribution is 2.22. The van der Waals surface area contributed by atoms with Gasteiger partial charge < -0.3 is 10.2 Å². The summed E-state index contributed by atoms with van der Waals surface area (Å²) >= 11 is 3.51. The summed E-state index contributed by atoms with van der Waals surface area (Å²) < 4.78 is 0.986. The van der Waals surface area contributed by atoms with Gasteiger partial charge in [-0.25, -0.2) is 0 Å². The van der Waals surface area contributed by atoms with Gasteiger partial charge in [-0.15, -0.1) is 0 Å². The molecular weight excluding hydrogens is 524 g/mol. The van der Waals surface area contributed by atoms with Gasteiger partial charge in [0.1, 0.15) is 6.04 Å². The minimum absolute atomic E-state index is 0.0312. The molecular formula is C32H37BrN2O2. The second kappa shape index (κ2) is 13.0. The highest BCUT2D eigenvalue weighted by atomic mass is 79.9. The Balaban J connectivity index is 1.67. The van der Waals surface area contributed by atoms with Crippen LogP contribution in [0.1, 0.15) is 59.9 Å². The van der Waals surface area contributed by atoms with E-state index in [2.05, 4.69) is 39.4 Å². The van der Waals surface area contributed by atoms with Gasteiger partial charge in [0.2, 0.25) is 11.8 Å². The van der Waals surface area contributed by atoms with Crippen molar-refractivity contribution in [1.29, 1.82) is 0 Å². The topological polar surface area (TPSA) is 49.4 Å². The molecule has 37 heavy (non-hydrogen) atoms. The van der Waals surface area contributed by atoms with Crippen LogP contribution in [0.5, 0.6) is 0 Å². The average molecular weight is 562 g/mol. The quantitative estimate of drug-likeness (QED) is 0.316. The SMILES string of the molecule is Cc1ccc(C)c(CC(=O)N(Cc2ccc(Br)cc2)C(Cc2ccccc2)C(=O)NC2CCCCC2)c1. The predicted octanol–water partition coefficient (Wildman–Crippen LogP) is 6.70. The summed E-state index contributed by atoms with van der Waals surface area (Å²) in [7, 11) is 0. The molecule has 1 aliphatic carbocycles.